The molecule has 3 aliphatic carbocycles. The fourth-order valence-electron chi connectivity index (χ4n) is 8.10. The van der Waals surface area contributed by atoms with Crippen molar-refractivity contribution < 1.29 is 24.3 Å². The number of nitrogens with one attached hydrogen (secondary N) is 1. The predicted molar refractivity (Wildman–Crippen MR) is 139 cm³/mol. The van der Waals surface area contributed by atoms with Crippen LogP contribution in [-0.2, 0) is 19.2 Å². The van der Waals surface area contributed by atoms with Crippen LogP contribution < -0.4 is 5.32 Å². The average Bonchev–Trinajstić information content (AvgIpc) is 3.44. The Balaban J connectivity index is 1.48. The van der Waals surface area contributed by atoms with E-state index in [1.165, 1.54) is 4.90 Å². The number of carbonyl (C=O) groups is 4. The summed E-state index contributed by atoms with van der Waals surface area (Å²) in [6.07, 6.45) is 15.3. The van der Waals surface area contributed by atoms with Gasteiger partial charge in [-0.05, 0) is 92.6 Å². The standard InChI is InChI=1S/C30H38N2O5/c1-16-14-22-21(27(16)17(2)33)11-10-20-19-6-4-8-26(35)31-13-5-7-24-29(36)28(30(37)32(24)3)25(34)12-9-18(19)15-23(20)22/h4,8-12,16,18-24,27,34H,5-7,13-15H2,1-3H3,(H,31,35)/b8-4-,12-9+,28-25?/t16-,18-,19+,20-,21-,22+,23+,24+,27+/m1/s1. The van der Waals surface area contributed by atoms with Gasteiger partial charge in [0.1, 0.15) is 17.1 Å². The van der Waals surface area contributed by atoms with Gasteiger partial charge in [0.05, 0.1) is 6.04 Å². The summed E-state index contributed by atoms with van der Waals surface area (Å²) in [6.45, 7) is 4.32. The Bertz CT molecular complexity index is 1120. The first-order valence-electron chi connectivity index (χ1n) is 13.7. The number of likely N-dealkylation sites (tertiary alicyclic amines) is 1. The number of amides is 2. The summed E-state index contributed by atoms with van der Waals surface area (Å²) in [7, 11) is 1.59. The van der Waals surface area contributed by atoms with Crippen molar-refractivity contribution in [1.29, 1.82) is 0 Å². The third-order valence-corrected chi connectivity index (χ3v) is 9.76. The monoisotopic (exact) mass is 506 g/mol. The number of ketones is 2. The molecular formula is C30H38N2O5. The van der Waals surface area contributed by atoms with Crippen LogP contribution in [0.5, 0.6) is 0 Å². The molecule has 0 unspecified atom stereocenters. The van der Waals surface area contributed by atoms with E-state index >= 15 is 0 Å². The molecule has 1 saturated heterocycles. The van der Waals surface area contributed by atoms with E-state index in [1.54, 1.807) is 26.1 Å². The number of likely N-dealkylation sites (N-methyl/N-ethyl adjacent to an activating group) is 1. The largest absolute Gasteiger partial charge is 0.507 e. The van der Waals surface area contributed by atoms with E-state index in [0.29, 0.717) is 43.1 Å². The summed E-state index contributed by atoms with van der Waals surface area (Å²) in [4.78, 5) is 52.0. The number of hydrogen-bond donors (Lipinski definition) is 2. The maximum atomic E-state index is 13.0. The SMILES string of the molecule is CC(=O)[C@H]1[C@@H]2C=C[C@@H]3[C@H]4C/C=C\C(=O)NCCC[C@H]5C(=O)C(=C(O)/C=C/[C@@H]4C[C@@H]3[C@H]2C[C@H]1C)C(=O)N5C. The van der Waals surface area contributed by atoms with Gasteiger partial charge in [-0.3, -0.25) is 19.2 Å². The molecule has 198 valence electrons. The van der Waals surface area contributed by atoms with E-state index in [-0.39, 0.29) is 52.5 Å². The highest BCUT2D eigenvalue weighted by Crippen LogP contribution is 2.58. The molecule has 5 aliphatic rings. The number of fused-ring (bicyclic) bond motifs is 7. The van der Waals surface area contributed by atoms with E-state index in [2.05, 4.69) is 24.4 Å². The zero-order valence-electron chi connectivity index (χ0n) is 21.9. The van der Waals surface area contributed by atoms with E-state index < -0.39 is 11.9 Å². The van der Waals surface area contributed by atoms with Gasteiger partial charge in [0.25, 0.3) is 5.91 Å². The second kappa shape index (κ2) is 10.1. The molecule has 2 N–H and O–H groups in total. The third-order valence-electron chi connectivity index (χ3n) is 9.76. The Kier molecular flexibility index (Phi) is 6.99. The molecule has 5 rings (SSSR count). The highest BCUT2D eigenvalue weighted by molar-refractivity contribution is 6.26. The number of nitrogens with zero attached hydrogens (tertiary/aromatic N) is 1. The van der Waals surface area contributed by atoms with E-state index in [0.717, 1.165) is 19.3 Å². The fourth-order valence-corrected chi connectivity index (χ4v) is 8.10. The number of hydrogen-bond acceptors (Lipinski definition) is 5. The Morgan fingerprint density at radius 1 is 1.03 bits per heavy atom. The van der Waals surface area contributed by atoms with Crippen molar-refractivity contribution in [3.8, 4) is 0 Å². The normalized spacial score (nSPS) is 41.8. The predicted octanol–water partition coefficient (Wildman–Crippen LogP) is 3.54. The Morgan fingerprint density at radius 2 is 1.76 bits per heavy atom. The summed E-state index contributed by atoms with van der Waals surface area (Å²) in [5, 5.41) is 13.7. The molecule has 7 heteroatoms. The minimum absolute atomic E-state index is 0.0754. The number of aliphatic hydroxyl groups excluding tert-OH is 1. The van der Waals surface area contributed by atoms with Crippen molar-refractivity contribution in [3.05, 3.63) is 47.8 Å². The second-order valence-electron chi connectivity index (χ2n) is 11.8. The molecule has 0 aromatic heterocycles. The second-order valence-corrected chi connectivity index (χ2v) is 11.8. The van der Waals surface area contributed by atoms with E-state index in [4.69, 9.17) is 0 Å². The van der Waals surface area contributed by atoms with Crippen LogP contribution in [0.3, 0.4) is 0 Å². The maximum absolute atomic E-state index is 13.0. The summed E-state index contributed by atoms with van der Waals surface area (Å²) >= 11 is 0. The smallest absolute Gasteiger partial charge is 0.261 e. The first kappa shape index (κ1) is 25.7. The summed E-state index contributed by atoms with van der Waals surface area (Å²) in [5.41, 5.74) is -0.138. The van der Waals surface area contributed by atoms with Crippen LogP contribution in [0.2, 0.25) is 0 Å². The molecule has 2 bridgehead atoms. The molecule has 0 aromatic carbocycles. The highest BCUT2D eigenvalue weighted by Gasteiger charge is 2.53. The van der Waals surface area contributed by atoms with Gasteiger partial charge < -0.3 is 15.3 Å². The van der Waals surface area contributed by atoms with Crippen molar-refractivity contribution >= 4 is 23.4 Å². The Morgan fingerprint density at radius 3 is 2.51 bits per heavy atom. The first-order chi connectivity index (χ1) is 17.7. The first-order valence-corrected chi connectivity index (χ1v) is 13.7. The average molecular weight is 507 g/mol. The van der Waals surface area contributed by atoms with E-state index in [9.17, 15) is 24.3 Å². The lowest BCUT2D eigenvalue weighted by Crippen LogP contribution is -2.33. The minimum Gasteiger partial charge on any atom is -0.507 e. The third kappa shape index (κ3) is 4.51. The molecule has 0 radical (unpaired) electrons. The topological polar surface area (TPSA) is 104 Å². The summed E-state index contributed by atoms with van der Waals surface area (Å²) < 4.78 is 0. The molecule has 9 atom stereocenters. The fraction of sp³-hybridized carbons (Fsp3) is 0.600. The molecule has 0 aromatic rings. The lowest BCUT2D eigenvalue weighted by molar-refractivity contribution is -0.125. The molecule has 7 nitrogen and oxygen atoms in total. The lowest BCUT2D eigenvalue weighted by atomic mass is 9.69. The zero-order chi connectivity index (χ0) is 26.4. The minimum atomic E-state index is -0.624. The van der Waals surface area contributed by atoms with Crippen LogP contribution in [0.25, 0.3) is 0 Å². The van der Waals surface area contributed by atoms with Crippen LogP contribution in [0, 0.1) is 47.3 Å². The number of Topliss-reactive ketones (excluding diaryl/α,β-unsaturated/α-hetero) is 2. The van der Waals surface area contributed by atoms with Crippen LogP contribution in [0.15, 0.2) is 47.8 Å². The van der Waals surface area contributed by atoms with Crippen molar-refractivity contribution in [2.24, 2.45) is 47.3 Å². The van der Waals surface area contributed by atoms with Gasteiger partial charge in [-0.25, -0.2) is 0 Å². The Labute approximate surface area is 218 Å². The lowest BCUT2D eigenvalue weighted by Gasteiger charge is -2.35. The molecule has 0 spiro atoms. The molecule has 2 amide bonds. The van der Waals surface area contributed by atoms with Crippen molar-refractivity contribution in [1.82, 2.24) is 10.2 Å². The molecular weight excluding hydrogens is 468 g/mol. The van der Waals surface area contributed by atoms with Gasteiger partial charge in [0.2, 0.25) is 5.91 Å². The van der Waals surface area contributed by atoms with Crippen LogP contribution in [0.4, 0.5) is 0 Å². The number of rotatable bonds is 1. The molecule has 37 heavy (non-hydrogen) atoms. The van der Waals surface area contributed by atoms with Gasteiger partial charge in [0, 0.05) is 19.5 Å². The molecule has 2 saturated carbocycles. The molecule has 2 heterocycles. The van der Waals surface area contributed by atoms with Crippen molar-refractivity contribution in [3.63, 3.8) is 0 Å². The highest BCUT2D eigenvalue weighted by atomic mass is 16.3. The van der Waals surface area contributed by atoms with Gasteiger partial charge in [-0.1, -0.05) is 31.2 Å². The van der Waals surface area contributed by atoms with Crippen LogP contribution in [0.1, 0.15) is 46.0 Å². The van der Waals surface area contributed by atoms with Crippen molar-refractivity contribution in [2.75, 3.05) is 13.6 Å². The summed E-state index contributed by atoms with van der Waals surface area (Å²) in [6, 6.07) is -0.624. The quantitative estimate of drug-likeness (QED) is 0.418. The number of allylic oxidation sites excluding steroid dienone is 5. The van der Waals surface area contributed by atoms with Gasteiger partial charge in [0.15, 0.2) is 5.78 Å². The maximum Gasteiger partial charge on any atom is 0.261 e. The molecule has 3 fully saturated rings. The summed E-state index contributed by atoms with van der Waals surface area (Å²) in [5.74, 6) is 1.30. The van der Waals surface area contributed by atoms with Crippen LogP contribution >= 0.6 is 0 Å². The van der Waals surface area contributed by atoms with Gasteiger partial charge in [-0.15, -0.1) is 0 Å². The van der Waals surface area contributed by atoms with Crippen LogP contribution in [-0.4, -0.2) is 53.0 Å². The van der Waals surface area contributed by atoms with Gasteiger partial charge in [-0.2, -0.15) is 0 Å². The van der Waals surface area contributed by atoms with Crippen molar-refractivity contribution in [2.45, 2.75) is 52.0 Å². The zero-order valence-corrected chi connectivity index (χ0v) is 21.9. The molecule has 2 aliphatic heterocycles. The number of carbonyl (C=O) groups excluding carboxylic acids is 4. The van der Waals surface area contributed by atoms with Gasteiger partial charge >= 0.3 is 0 Å². The van der Waals surface area contributed by atoms with E-state index in [1.807, 2.05) is 12.2 Å². The number of aliphatic hydroxyl groups is 1. The Hall–Kier alpha value is -2.96.